The van der Waals surface area contributed by atoms with Gasteiger partial charge in [0.1, 0.15) is 11.8 Å². The van der Waals surface area contributed by atoms with E-state index in [1.165, 1.54) is 0 Å². The van der Waals surface area contributed by atoms with Crippen LogP contribution in [0.4, 0.5) is 0 Å². The van der Waals surface area contributed by atoms with E-state index in [0.29, 0.717) is 12.2 Å². The van der Waals surface area contributed by atoms with Crippen molar-refractivity contribution in [3.8, 4) is 6.07 Å². The topological polar surface area (TPSA) is 62.7 Å². The third-order valence-electron chi connectivity index (χ3n) is 1.35. The number of nitrogens with two attached hydrogens (primary N) is 1. The quantitative estimate of drug-likeness (QED) is 0.781. The number of nitriles is 1. The summed E-state index contributed by atoms with van der Waals surface area (Å²) in [6.45, 7) is 2.30. The van der Waals surface area contributed by atoms with Crippen LogP contribution < -0.4 is 5.73 Å². The SMILES string of the molecule is Cc1cc(C#N)nc(CN)c1.Cl.Cl. The molecule has 0 spiro atoms. The van der Waals surface area contributed by atoms with E-state index in [1.54, 1.807) is 6.07 Å². The van der Waals surface area contributed by atoms with Gasteiger partial charge < -0.3 is 5.73 Å². The Morgan fingerprint density at radius 3 is 2.54 bits per heavy atom. The van der Waals surface area contributed by atoms with Gasteiger partial charge >= 0.3 is 0 Å². The van der Waals surface area contributed by atoms with Crippen molar-refractivity contribution in [1.29, 1.82) is 5.26 Å². The van der Waals surface area contributed by atoms with Crippen LogP contribution in [-0.4, -0.2) is 4.98 Å². The molecule has 1 aromatic heterocycles. The van der Waals surface area contributed by atoms with Gasteiger partial charge in [-0.2, -0.15) is 5.26 Å². The second kappa shape index (κ2) is 6.67. The van der Waals surface area contributed by atoms with Gasteiger partial charge in [-0.25, -0.2) is 4.98 Å². The van der Waals surface area contributed by atoms with Crippen LogP contribution in [0.5, 0.6) is 0 Å². The lowest BCUT2D eigenvalue weighted by Crippen LogP contribution is -2.01. The third-order valence-corrected chi connectivity index (χ3v) is 1.35. The molecule has 0 aliphatic heterocycles. The zero-order valence-corrected chi connectivity index (χ0v) is 8.78. The van der Waals surface area contributed by atoms with E-state index in [4.69, 9.17) is 11.0 Å². The minimum absolute atomic E-state index is 0. The zero-order valence-electron chi connectivity index (χ0n) is 7.15. The van der Waals surface area contributed by atoms with Gasteiger partial charge in [0, 0.05) is 6.54 Å². The normalized spacial score (nSPS) is 7.77. The van der Waals surface area contributed by atoms with Crippen LogP contribution in [0.3, 0.4) is 0 Å². The number of hydrogen-bond acceptors (Lipinski definition) is 3. The molecule has 2 N–H and O–H groups in total. The highest BCUT2D eigenvalue weighted by molar-refractivity contribution is 5.85. The van der Waals surface area contributed by atoms with Gasteiger partial charge in [0.15, 0.2) is 0 Å². The van der Waals surface area contributed by atoms with Crippen LogP contribution in [0.2, 0.25) is 0 Å². The highest BCUT2D eigenvalue weighted by atomic mass is 35.5. The molecule has 0 saturated heterocycles. The van der Waals surface area contributed by atoms with E-state index >= 15 is 0 Å². The number of nitrogens with zero attached hydrogens (tertiary/aromatic N) is 2. The highest BCUT2D eigenvalue weighted by Gasteiger charge is 1.96. The molecular weight excluding hydrogens is 209 g/mol. The van der Waals surface area contributed by atoms with Gasteiger partial charge in [-0.1, -0.05) is 0 Å². The Hall–Kier alpha value is -0.820. The van der Waals surface area contributed by atoms with Crippen molar-refractivity contribution in [3.63, 3.8) is 0 Å². The van der Waals surface area contributed by atoms with Crippen LogP contribution in [0, 0.1) is 18.3 Å². The fourth-order valence-electron chi connectivity index (χ4n) is 0.901. The second-order valence-corrected chi connectivity index (χ2v) is 2.34. The van der Waals surface area contributed by atoms with Gasteiger partial charge in [0.05, 0.1) is 5.69 Å². The fourth-order valence-corrected chi connectivity index (χ4v) is 0.901. The maximum atomic E-state index is 8.53. The number of hydrogen-bond donors (Lipinski definition) is 1. The summed E-state index contributed by atoms with van der Waals surface area (Å²) in [6.07, 6.45) is 0. The van der Waals surface area contributed by atoms with E-state index < -0.39 is 0 Å². The summed E-state index contributed by atoms with van der Waals surface area (Å²) in [7, 11) is 0. The first-order chi connectivity index (χ1) is 5.26. The summed E-state index contributed by atoms with van der Waals surface area (Å²) in [4.78, 5) is 3.98. The summed E-state index contributed by atoms with van der Waals surface area (Å²) >= 11 is 0. The number of aromatic nitrogens is 1. The summed E-state index contributed by atoms with van der Waals surface area (Å²) in [6, 6.07) is 5.59. The first kappa shape index (κ1) is 14.7. The molecule has 0 unspecified atom stereocenters. The molecular formula is C8H11Cl2N3. The van der Waals surface area contributed by atoms with Crippen molar-refractivity contribution in [3.05, 3.63) is 29.1 Å². The molecule has 1 aromatic rings. The first-order valence-corrected chi connectivity index (χ1v) is 3.34. The van der Waals surface area contributed by atoms with Crippen LogP contribution in [0.25, 0.3) is 0 Å². The molecule has 13 heavy (non-hydrogen) atoms. The predicted molar refractivity (Wildman–Crippen MR) is 56.1 cm³/mol. The summed E-state index contributed by atoms with van der Waals surface area (Å²) in [5.74, 6) is 0. The molecule has 72 valence electrons. The summed E-state index contributed by atoms with van der Waals surface area (Å²) in [5.41, 5.74) is 7.60. The lowest BCUT2D eigenvalue weighted by atomic mass is 10.2. The molecule has 1 heterocycles. The van der Waals surface area contributed by atoms with Gasteiger partial charge in [0.25, 0.3) is 0 Å². The zero-order chi connectivity index (χ0) is 8.27. The van der Waals surface area contributed by atoms with Gasteiger partial charge in [0.2, 0.25) is 0 Å². The Kier molecular flexibility index (Phi) is 7.54. The average Bonchev–Trinajstić information content (AvgIpc) is 2.03. The molecule has 0 fully saturated rings. The van der Waals surface area contributed by atoms with Crippen LogP contribution in [0.15, 0.2) is 12.1 Å². The molecule has 0 aliphatic rings. The summed E-state index contributed by atoms with van der Waals surface area (Å²) < 4.78 is 0. The lowest BCUT2D eigenvalue weighted by molar-refractivity contribution is 0.975. The molecule has 0 bridgehead atoms. The van der Waals surface area contributed by atoms with E-state index in [9.17, 15) is 0 Å². The Morgan fingerprint density at radius 2 is 2.08 bits per heavy atom. The lowest BCUT2D eigenvalue weighted by Gasteiger charge is -1.97. The first-order valence-electron chi connectivity index (χ1n) is 3.34. The number of halogens is 2. The second-order valence-electron chi connectivity index (χ2n) is 2.34. The van der Waals surface area contributed by atoms with Crippen molar-refractivity contribution in [1.82, 2.24) is 4.98 Å². The fraction of sp³-hybridized carbons (Fsp3) is 0.250. The summed E-state index contributed by atoms with van der Waals surface area (Å²) in [5, 5.41) is 8.53. The van der Waals surface area contributed by atoms with Gasteiger partial charge in [-0.15, -0.1) is 24.8 Å². The van der Waals surface area contributed by atoms with Crippen molar-refractivity contribution in [2.75, 3.05) is 0 Å². The molecule has 5 heteroatoms. The Balaban J connectivity index is 0. The highest BCUT2D eigenvalue weighted by Crippen LogP contribution is 2.02. The molecule has 0 atom stereocenters. The Bertz CT molecular complexity index is 307. The minimum Gasteiger partial charge on any atom is -0.325 e. The Morgan fingerprint density at radius 1 is 1.46 bits per heavy atom. The van der Waals surface area contributed by atoms with Crippen LogP contribution >= 0.6 is 24.8 Å². The van der Waals surface area contributed by atoms with Gasteiger partial charge in [-0.05, 0) is 24.6 Å². The van der Waals surface area contributed by atoms with E-state index in [2.05, 4.69) is 4.98 Å². The maximum absolute atomic E-state index is 8.53. The molecule has 0 aliphatic carbocycles. The van der Waals surface area contributed by atoms with Gasteiger partial charge in [-0.3, -0.25) is 0 Å². The van der Waals surface area contributed by atoms with Crippen molar-refractivity contribution in [2.45, 2.75) is 13.5 Å². The standard InChI is InChI=1S/C8H9N3.2ClH/c1-6-2-7(4-9)11-8(3-6)5-10;;/h2-3H,4,9H2,1H3;2*1H. The van der Waals surface area contributed by atoms with Crippen LogP contribution in [-0.2, 0) is 6.54 Å². The molecule has 0 aromatic carbocycles. The molecule has 3 nitrogen and oxygen atoms in total. The van der Waals surface area contributed by atoms with Crippen molar-refractivity contribution >= 4 is 24.8 Å². The number of rotatable bonds is 1. The molecule has 0 saturated carbocycles. The van der Waals surface area contributed by atoms with E-state index in [-0.39, 0.29) is 24.8 Å². The predicted octanol–water partition coefficient (Wildman–Crippen LogP) is 1.56. The monoisotopic (exact) mass is 219 g/mol. The van der Waals surface area contributed by atoms with Crippen molar-refractivity contribution in [2.24, 2.45) is 5.73 Å². The minimum atomic E-state index is 0. The molecule has 0 radical (unpaired) electrons. The smallest absolute Gasteiger partial charge is 0.141 e. The van der Waals surface area contributed by atoms with E-state index in [0.717, 1.165) is 11.3 Å². The van der Waals surface area contributed by atoms with E-state index in [1.807, 2.05) is 19.1 Å². The molecule has 0 amide bonds. The van der Waals surface area contributed by atoms with Crippen molar-refractivity contribution < 1.29 is 0 Å². The number of pyridine rings is 1. The molecule has 1 rings (SSSR count). The largest absolute Gasteiger partial charge is 0.325 e. The Labute approximate surface area is 89.8 Å². The average molecular weight is 220 g/mol. The third kappa shape index (κ3) is 4.09. The maximum Gasteiger partial charge on any atom is 0.141 e. The van der Waals surface area contributed by atoms with Crippen LogP contribution in [0.1, 0.15) is 17.0 Å². The number of aryl methyl sites for hydroxylation is 1.